The van der Waals surface area contributed by atoms with E-state index in [1.54, 1.807) is 0 Å². The van der Waals surface area contributed by atoms with Gasteiger partial charge in [0.2, 0.25) is 0 Å². The van der Waals surface area contributed by atoms with E-state index in [1.165, 1.54) is 51.4 Å². The summed E-state index contributed by atoms with van der Waals surface area (Å²) >= 11 is 0. The highest BCUT2D eigenvalue weighted by Gasteiger charge is 2.30. The lowest BCUT2D eigenvalue weighted by Crippen LogP contribution is -2.27. The number of aliphatic hydroxyl groups is 1. The Morgan fingerprint density at radius 1 is 0.824 bits per heavy atom. The lowest BCUT2D eigenvalue weighted by molar-refractivity contribution is 0.0858. The molecule has 2 aliphatic rings. The Morgan fingerprint density at radius 2 is 1.29 bits per heavy atom. The fourth-order valence-corrected chi connectivity index (χ4v) is 3.90. The van der Waals surface area contributed by atoms with Crippen LogP contribution in [0.15, 0.2) is 0 Å². The van der Waals surface area contributed by atoms with Gasteiger partial charge in [-0.25, -0.2) is 0 Å². The molecule has 0 aromatic rings. The molecule has 0 aromatic carbocycles. The molecule has 0 aromatic heterocycles. The van der Waals surface area contributed by atoms with Crippen molar-refractivity contribution in [2.24, 2.45) is 23.7 Å². The lowest BCUT2D eigenvalue weighted by Gasteiger charge is -2.37. The summed E-state index contributed by atoms with van der Waals surface area (Å²) in [4.78, 5) is 0. The Morgan fingerprint density at radius 3 is 1.71 bits per heavy atom. The molecule has 2 fully saturated rings. The molecule has 0 spiro atoms. The average molecular weight is 240 g/mol. The van der Waals surface area contributed by atoms with Crippen molar-refractivity contribution < 1.29 is 9.84 Å². The first-order chi connectivity index (χ1) is 8.33. The minimum atomic E-state index is 0.410. The summed E-state index contributed by atoms with van der Waals surface area (Å²) in [5.74, 6) is 3.37. The van der Waals surface area contributed by atoms with Crippen LogP contribution >= 0.6 is 0 Å². The van der Waals surface area contributed by atoms with E-state index in [-0.39, 0.29) is 0 Å². The average Bonchev–Trinajstić information content (AvgIpc) is 2.40. The molecule has 0 unspecified atom stereocenters. The van der Waals surface area contributed by atoms with E-state index in [4.69, 9.17) is 9.84 Å². The Hall–Kier alpha value is -0.0800. The van der Waals surface area contributed by atoms with Crippen molar-refractivity contribution in [1.29, 1.82) is 0 Å². The van der Waals surface area contributed by atoms with Crippen molar-refractivity contribution in [1.82, 2.24) is 0 Å². The van der Waals surface area contributed by atoms with Crippen molar-refractivity contribution in [3.8, 4) is 0 Å². The zero-order valence-corrected chi connectivity index (χ0v) is 11.2. The van der Waals surface area contributed by atoms with Crippen LogP contribution in [0.2, 0.25) is 0 Å². The van der Waals surface area contributed by atoms with Crippen LogP contribution in [0.25, 0.3) is 0 Å². The standard InChI is InChI=1S/C15H28O2/c1-17-11-13-4-8-15(9-5-13)14-6-2-12(10-16)3-7-14/h12-16H,2-11H2,1H3. The van der Waals surface area contributed by atoms with Crippen LogP contribution in [0.1, 0.15) is 51.4 Å². The molecule has 100 valence electrons. The van der Waals surface area contributed by atoms with Crippen LogP contribution in [-0.4, -0.2) is 25.4 Å². The summed E-state index contributed by atoms with van der Waals surface area (Å²) in [5.41, 5.74) is 0. The Balaban J connectivity index is 1.70. The van der Waals surface area contributed by atoms with Gasteiger partial charge in [-0.3, -0.25) is 0 Å². The first kappa shape index (κ1) is 13.4. The van der Waals surface area contributed by atoms with Gasteiger partial charge in [-0.15, -0.1) is 0 Å². The molecule has 0 heterocycles. The second kappa shape index (κ2) is 6.75. The van der Waals surface area contributed by atoms with Gasteiger partial charge in [-0.05, 0) is 75.0 Å². The normalized spacial score (nSPS) is 39.2. The highest BCUT2D eigenvalue weighted by molar-refractivity contribution is 4.81. The zero-order chi connectivity index (χ0) is 12.1. The second-order valence-corrected chi connectivity index (χ2v) is 6.20. The molecule has 0 aliphatic heterocycles. The van der Waals surface area contributed by atoms with E-state index < -0.39 is 0 Å². The van der Waals surface area contributed by atoms with Crippen LogP contribution in [-0.2, 0) is 4.74 Å². The maximum atomic E-state index is 9.17. The first-order valence-corrected chi connectivity index (χ1v) is 7.43. The lowest BCUT2D eigenvalue weighted by atomic mass is 9.69. The van der Waals surface area contributed by atoms with Crippen molar-refractivity contribution in [3.05, 3.63) is 0 Å². The van der Waals surface area contributed by atoms with Gasteiger partial charge in [-0.1, -0.05) is 0 Å². The van der Waals surface area contributed by atoms with Crippen molar-refractivity contribution in [3.63, 3.8) is 0 Å². The maximum Gasteiger partial charge on any atom is 0.0490 e. The molecule has 0 atom stereocenters. The summed E-state index contributed by atoms with van der Waals surface area (Å²) < 4.78 is 5.26. The Labute approximate surface area is 106 Å². The van der Waals surface area contributed by atoms with Crippen LogP contribution in [0.5, 0.6) is 0 Å². The molecule has 0 saturated heterocycles. The molecule has 0 amide bonds. The predicted octanol–water partition coefficient (Wildman–Crippen LogP) is 3.24. The van der Waals surface area contributed by atoms with Gasteiger partial charge in [0.05, 0.1) is 0 Å². The molecular weight excluding hydrogens is 212 g/mol. The molecule has 2 aliphatic carbocycles. The quantitative estimate of drug-likeness (QED) is 0.817. The van der Waals surface area contributed by atoms with E-state index in [1.807, 2.05) is 7.11 Å². The summed E-state index contributed by atoms with van der Waals surface area (Å²) in [6, 6.07) is 0. The Kier molecular flexibility index (Phi) is 5.30. The molecule has 2 rings (SSSR count). The number of rotatable bonds is 4. The summed E-state index contributed by atoms with van der Waals surface area (Å²) in [6.07, 6.45) is 10.8. The topological polar surface area (TPSA) is 29.5 Å². The molecule has 0 bridgehead atoms. The van der Waals surface area contributed by atoms with Gasteiger partial charge in [-0.2, -0.15) is 0 Å². The fourth-order valence-electron chi connectivity index (χ4n) is 3.90. The molecule has 2 heteroatoms. The van der Waals surface area contributed by atoms with Crippen molar-refractivity contribution in [2.75, 3.05) is 20.3 Å². The zero-order valence-electron chi connectivity index (χ0n) is 11.2. The molecule has 0 radical (unpaired) electrons. The minimum absolute atomic E-state index is 0.410. The second-order valence-electron chi connectivity index (χ2n) is 6.20. The van der Waals surface area contributed by atoms with Crippen molar-refractivity contribution in [2.45, 2.75) is 51.4 Å². The highest BCUT2D eigenvalue weighted by atomic mass is 16.5. The fraction of sp³-hybridized carbons (Fsp3) is 1.00. The van der Waals surface area contributed by atoms with Crippen LogP contribution in [0.4, 0.5) is 0 Å². The van der Waals surface area contributed by atoms with Crippen molar-refractivity contribution >= 4 is 0 Å². The minimum Gasteiger partial charge on any atom is -0.396 e. The smallest absolute Gasteiger partial charge is 0.0490 e. The highest BCUT2D eigenvalue weighted by Crippen LogP contribution is 2.41. The summed E-state index contributed by atoms with van der Waals surface area (Å²) in [7, 11) is 1.82. The number of ether oxygens (including phenoxy) is 1. The van der Waals surface area contributed by atoms with Gasteiger partial charge in [0.15, 0.2) is 0 Å². The molecule has 17 heavy (non-hydrogen) atoms. The van der Waals surface area contributed by atoms with E-state index in [9.17, 15) is 0 Å². The van der Waals surface area contributed by atoms with Crippen LogP contribution in [0, 0.1) is 23.7 Å². The number of methoxy groups -OCH3 is 1. The number of hydrogen-bond donors (Lipinski definition) is 1. The van der Waals surface area contributed by atoms with Gasteiger partial charge in [0.1, 0.15) is 0 Å². The van der Waals surface area contributed by atoms with Gasteiger partial charge < -0.3 is 9.84 Å². The molecule has 1 N–H and O–H groups in total. The van der Waals surface area contributed by atoms with Crippen LogP contribution < -0.4 is 0 Å². The molecular formula is C15H28O2. The maximum absolute atomic E-state index is 9.17. The Bertz CT molecular complexity index is 201. The number of aliphatic hydroxyl groups excluding tert-OH is 1. The molecule has 2 nitrogen and oxygen atoms in total. The van der Waals surface area contributed by atoms with E-state index >= 15 is 0 Å². The summed E-state index contributed by atoms with van der Waals surface area (Å²) in [5, 5.41) is 9.17. The largest absolute Gasteiger partial charge is 0.396 e. The van der Waals surface area contributed by atoms with Gasteiger partial charge in [0.25, 0.3) is 0 Å². The van der Waals surface area contributed by atoms with E-state index in [0.717, 1.165) is 24.4 Å². The monoisotopic (exact) mass is 240 g/mol. The van der Waals surface area contributed by atoms with Gasteiger partial charge >= 0.3 is 0 Å². The number of hydrogen-bond acceptors (Lipinski definition) is 2. The third-order valence-corrected chi connectivity index (χ3v) is 5.11. The van der Waals surface area contributed by atoms with Crippen LogP contribution in [0.3, 0.4) is 0 Å². The van der Waals surface area contributed by atoms with E-state index in [0.29, 0.717) is 12.5 Å². The SMILES string of the molecule is COCC1CCC(C2CCC(CO)CC2)CC1. The molecule has 2 saturated carbocycles. The van der Waals surface area contributed by atoms with Gasteiger partial charge in [0, 0.05) is 20.3 Å². The third kappa shape index (κ3) is 3.69. The first-order valence-electron chi connectivity index (χ1n) is 7.43. The summed E-state index contributed by atoms with van der Waals surface area (Å²) in [6.45, 7) is 1.37. The third-order valence-electron chi connectivity index (χ3n) is 5.11. The predicted molar refractivity (Wildman–Crippen MR) is 69.9 cm³/mol. The van der Waals surface area contributed by atoms with E-state index in [2.05, 4.69) is 0 Å².